The number of aliphatic imine (C=N–C) groups is 1. The fraction of sp³-hybridized carbons (Fsp3) is 0.526. The molecular formula is C19H20BrFN4O2. The number of rotatable bonds is 7. The number of hydrogen-bond donors (Lipinski definition) is 1. The molecule has 2 N–H and O–H groups in total. The van der Waals surface area contributed by atoms with Crippen LogP contribution in [0.3, 0.4) is 0 Å². The molecule has 6 nitrogen and oxygen atoms in total. The van der Waals surface area contributed by atoms with Crippen LogP contribution in [0.4, 0.5) is 4.39 Å². The van der Waals surface area contributed by atoms with Gasteiger partial charge in [-0.05, 0) is 30.5 Å². The van der Waals surface area contributed by atoms with E-state index >= 15 is 0 Å². The van der Waals surface area contributed by atoms with E-state index in [2.05, 4.69) is 33.1 Å². The SMILES string of the molecule is CCCOC1(OCCC)N=C(N)C2(C#N)C(c3ccc(Br)cc3F)C12C#N. The van der Waals surface area contributed by atoms with Gasteiger partial charge in [-0.1, -0.05) is 35.8 Å². The fourth-order valence-corrected chi connectivity index (χ4v) is 4.37. The number of benzene rings is 1. The number of nitrogens with two attached hydrogens (primary N) is 1. The zero-order valence-electron chi connectivity index (χ0n) is 15.1. The standard InChI is InChI=1S/C19H20BrFN4O2/c1-3-7-26-19(27-8-4-2)18(11-23)15(17(18,10-22)16(24)25-19)13-6-5-12(20)9-14(13)21/h5-6,9,15H,3-4,7-8H2,1-2H3,(H2,24,25). The van der Waals surface area contributed by atoms with E-state index < -0.39 is 28.5 Å². The zero-order valence-corrected chi connectivity index (χ0v) is 16.7. The molecule has 0 bridgehead atoms. The largest absolute Gasteiger partial charge is 0.386 e. The third-order valence-corrected chi connectivity index (χ3v) is 5.70. The molecule has 2 aliphatic rings. The average Bonchev–Trinajstić information content (AvgIpc) is 3.21. The Kier molecular flexibility index (Phi) is 5.02. The lowest BCUT2D eigenvalue weighted by molar-refractivity contribution is -0.259. The first-order chi connectivity index (χ1) is 12.9. The maximum Gasteiger partial charge on any atom is 0.293 e. The lowest BCUT2D eigenvalue weighted by Crippen LogP contribution is -2.44. The first kappa shape index (κ1) is 19.8. The highest BCUT2D eigenvalue weighted by Crippen LogP contribution is 2.82. The molecule has 0 saturated heterocycles. The minimum Gasteiger partial charge on any atom is -0.386 e. The van der Waals surface area contributed by atoms with Crippen LogP contribution in [-0.2, 0) is 9.47 Å². The summed E-state index contributed by atoms with van der Waals surface area (Å²) in [4.78, 5) is 4.31. The van der Waals surface area contributed by atoms with Gasteiger partial charge >= 0.3 is 0 Å². The Labute approximate surface area is 165 Å². The number of hydrogen-bond acceptors (Lipinski definition) is 6. The lowest BCUT2D eigenvalue weighted by atomic mass is 9.93. The van der Waals surface area contributed by atoms with Crippen LogP contribution in [0.25, 0.3) is 0 Å². The fourth-order valence-electron chi connectivity index (χ4n) is 4.04. The van der Waals surface area contributed by atoms with Crippen LogP contribution in [-0.4, -0.2) is 25.0 Å². The molecular weight excluding hydrogens is 415 g/mol. The summed E-state index contributed by atoms with van der Waals surface area (Å²) in [7, 11) is 0. The summed E-state index contributed by atoms with van der Waals surface area (Å²) in [6.45, 7) is 4.35. The first-order valence-corrected chi connectivity index (χ1v) is 9.61. The predicted octanol–water partition coefficient (Wildman–Crippen LogP) is 3.58. The number of amidine groups is 1. The van der Waals surface area contributed by atoms with Crippen molar-refractivity contribution in [2.24, 2.45) is 21.6 Å². The molecule has 0 amide bonds. The van der Waals surface area contributed by atoms with Gasteiger partial charge in [-0.15, -0.1) is 0 Å². The molecule has 142 valence electrons. The molecule has 1 aromatic rings. The number of fused-ring (bicyclic) bond motifs is 1. The van der Waals surface area contributed by atoms with Gasteiger partial charge in [0.15, 0.2) is 5.41 Å². The van der Waals surface area contributed by atoms with Crippen LogP contribution in [0.2, 0.25) is 0 Å². The molecule has 3 atom stereocenters. The van der Waals surface area contributed by atoms with Crippen molar-refractivity contribution >= 4 is 21.8 Å². The summed E-state index contributed by atoms with van der Waals surface area (Å²) in [5.41, 5.74) is 3.33. The Morgan fingerprint density at radius 2 is 1.85 bits per heavy atom. The molecule has 1 heterocycles. The maximum absolute atomic E-state index is 14.7. The minimum atomic E-state index is -1.72. The van der Waals surface area contributed by atoms with E-state index in [0.29, 0.717) is 17.3 Å². The third-order valence-electron chi connectivity index (χ3n) is 5.20. The normalized spacial score (nSPS) is 30.1. The molecule has 0 radical (unpaired) electrons. The maximum atomic E-state index is 14.7. The highest BCUT2D eigenvalue weighted by molar-refractivity contribution is 9.10. The second kappa shape index (κ2) is 6.87. The molecule has 0 spiro atoms. The average molecular weight is 435 g/mol. The highest BCUT2D eigenvalue weighted by Gasteiger charge is 2.94. The van der Waals surface area contributed by atoms with Crippen molar-refractivity contribution in [2.45, 2.75) is 38.5 Å². The van der Waals surface area contributed by atoms with Crippen LogP contribution < -0.4 is 5.73 Å². The molecule has 1 aromatic carbocycles. The van der Waals surface area contributed by atoms with E-state index in [-0.39, 0.29) is 24.6 Å². The topological polar surface area (TPSA) is 104 Å². The van der Waals surface area contributed by atoms with Gasteiger partial charge in [-0.2, -0.15) is 10.5 Å². The minimum absolute atomic E-state index is 0.0499. The summed E-state index contributed by atoms with van der Waals surface area (Å²) in [6.07, 6.45) is 1.32. The van der Waals surface area contributed by atoms with Crippen molar-refractivity contribution < 1.29 is 13.9 Å². The van der Waals surface area contributed by atoms with Crippen LogP contribution >= 0.6 is 15.9 Å². The van der Waals surface area contributed by atoms with Crippen LogP contribution in [0.1, 0.15) is 38.2 Å². The van der Waals surface area contributed by atoms with Crippen molar-refractivity contribution in [2.75, 3.05) is 13.2 Å². The first-order valence-electron chi connectivity index (χ1n) is 8.81. The van der Waals surface area contributed by atoms with Crippen LogP contribution in [0.15, 0.2) is 27.7 Å². The van der Waals surface area contributed by atoms with Crippen molar-refractivity contribution in [3.8, 4) is 12.1 Å². The molecule has 0 aromatic heterocycles. The summed E-state index contributed by atoms with van der Waals surface area (Å²) >= 11 is 3.22. The number of nitrogens with zero attached hydrogens (tertiary/aromatic N) is 3. The van der Waals surface area contributed by atoms with Gasteiger partial charge in [0.25, 0.3) is 5.91 Å². The zero-order chi connectivity index (χ0) is 19.9. The summed E-state index contributed by atoms with van der Waals surface area (Å²) in [6, 6.07) is 8.85. The second-order valence-electron chi connectivity index (χ2n) is 6.71. The Morgan fingerprint density at radius 3 is 2.33 bits per heavy atom. The van der Waals surface area contributed by atoms with E-state index in [0.717, 1.165) is 0 Å². The Morgan fingerprint density at radius 1 is 1.22 bits per heavy atom. The summed E-state index contributed by atoms with van der Waals surface area (Å²) in [5, 5.41) is 20.2. The lowest BCUT2D eigenvalue weighted by Gasteiger charge is -2.32. The monoisotopic (exact) mass is 434 g/mol. The van der Waals surface area contributed by atoms with Gasteiger partial charge in [-0.3, -0.25) is 0 Å². The van der Waals surface area contributed by atoms with Gasteiger partial charge in [0.2, 0.25) is 0 Å². The number of nitriles is 2. The third kappa shape index (κ3) is 2.37. The van der Waals surface area contributed by atoms with Crippen molar-refractivity contribution in [3.05, 3.63) is 34.1 Å². The van der Waals surface area contributed by atoms with Crippen LogP contribution in [0.5, 0.6) is 0 Å². The highest BCUT2D eigenvalue weighted by atomic mass is 79.9. The Balaban J connectivity index is 2.20. The molecule has 1 saturated carbocycles. The molecule has 3 rings (SSSR count). The van der Waals surface area contributed by atoms with Crippen molar-refractivity contribution in [1.82, 2.24) is 0 Å². The van der Waals surface area contributed by atoms with E-state index in [9.17, 15) is 14.9 Å². The predicted molar refractivity (Wildman–Crippen MR) is 99.8 cm³/mol. The van der Waals surface area contributed by atoms with E-state index in [1.807, 2.05) is 13.8 Å². The van der Waals surface area contributed by atoms with Gasteiger partial charge in [0.05, 0.1) is 25.4 Å². The molecule has 1 fully saturated rings. The number of ether oxygens (including phenoxy) is 2. The Bertz CT molecular complexity index is 869. The van der Waals surface area contributed by atoms with Gasteiger partial charge in [0.1, 0.15) is 17.1 Å². The summed E-state index contributed by atoms with van der Waals surface area (Å²) in [5.74, 6) is -3.14. The Hall–Kier alpha value is -2.00. The second-order valence-corrected chi connectivity index (χ2v) is 7.63. The van der Waals surface area contributed by atoms with Crippen molar-refractivity contribution in [3.63, 3.8) is 0 Å². The summed E-state index contributed by atoms with van der Waals surface area (Å²) < 4.78 is 27.1. The molecule has 1 aliphatic heterocycles. The quantitative estimate of drug-likeness (QED) is 0.660. The molecule has 27 heavy (non-hydrogen) atoms. The van der Waals surface area contributed by atoms with Crippen molar-refractivity contribution in [1.29, 1.82) is 10.5 Å². The molecule has 1 aliphatic carbocycles. The van der Waals surface area contributed by atoms with Gasteiger partial charge < -0.3 is 15.2 Å². The van der Waals surface area contributed by atoms with Gasteiger partial charge in [0, 0.05) is 10.4 Å². The number of halogens is 2. The van der Waals surface area contributed by atoms with E-state index in [1.54, 1.807) is 12.1 Å². The molecule has 3 unspecified atom stereocenters. The van der Waals surface area contributed by atoms with Crippen LogP contribution in [0, 0.1) is 39.3 Å². The van der Waals surface area contributed by atoms with E-state index in [4.69, 9.17) is 15.2 Å². The molecule has 8 heteroatoms. The smallest absolute Gasteiger partial charge is 0.293 e. The van der Waals surface area contributed by atoms with E-state index in [1.165, 1.54) is 6.07 Å². The van der Waals surface area contributed by atoms with Gasteiger partial charge in [-0.25, -0.2) is 9.38 Å².